The highest BCUT2D eigenvalue weighted by atomic mass is 16.5. The first-order chi connectivity index (χ1) is 12.0. The lowest BCUT2D eigenvalue weighted by atomic mass is 10.2. The second-order valence-electron chi connectivity index (χ2n) is 6.34. The Hall–Kier alpha value is -2.42. The maximum atomic E-state index is 6.21. The largest absolute Gasteiger partial charge is 0.384 e. The van der Waals surface area contributed by atoms with Gasteiger partial charge in [-0.2, -0.15) is 0 Å². The summed E-state index contributed by atoms with van der Waals surface area (Å²) in [7, 11) is 0. The normalized spacial score (nSPS) is 19.5. The Morgan fingerprint density at radius 1 is 1.48 bits per heavy atom. The predicted octanol–water partition coefficient (Wildman–Crippen LogP) is 0.999. The van der Waals surface area contributed by atoms with Crippen LogP contribution in [0, 0.1) is 0 Å². The van der Waals surface area contributed by atoms with Crippen LogP contribution >= 0.6 is 0 Å². The summed E-state index contributed by atoms with van der Waals surface area (Å²) in [5.74, 6) is 7.55. The molecule has 8 nitrogen and oxygen atoms in total. The predicted molar refractivity (Wildman–Crippen MR) is 98.7 cm³/mol. The molecule has 5 N–H and O–H groups in total. The summed E-state index contributed by atoms with van der Waals surface area (Å²) in [5.41, 5.74) is 8.07. The zero-order valence-electron chi connectivity index (χ0n) is 14.6. The van der Waals surface area contributed by atoms with Gasteiger partial charge in [0.25, 0.3) is 0 Å². The first-order valence-corrected chi connectivity index (χ1v) is 8.34. The molecule has 3 rings (SSSR count). The molecule has 1 atom stereocenters. The van der Waals surface area contributed by atoms with E-state index < -0.39 is 0 Å². The lowest BCUT2D eigenvalue weighted by molar-refractivity contribution is 0.0629. The minimum Gasteiger partial charge on any atom is -0.384 e. The molecule has 0 spiro atoms. The summed E-state index contributed by atoms with van der Waals surface area (Å²) in [6.45, 7) is 5.10. The number of nitrogens with zero attached hydrogens (tertiary/aromatic N) is 4. The molecular weight excluding hydrogens is 318 g/mol. The summed E-state index contributed by atoms with van der Waals surface area (Å²) in [6, 6.07) is 0. The molecule has 2 aliphatic heterocycles. The Labute approximate surface area is 147 Å². The van der Waals surface area contributed by atoms with Crippen LogP contribution in [0.1, 0.15) is 31.8 Å². The summed E-state index contributed by atoms with van der Waals surface area (Å²) >= 11 is 0. The van der Waals surface area contributed by atoms with Gasteiger partial charge >= 0.3 is 0 Å². The minimum atomic E-state index is -0.316. The van der Waals surface area contributed by atoms with Crippen LogP contribution in [-0.4, -0.2) is 39.2 Å². The van der Waals surface area contributed by atoms with Crippen molar-refractivity contribution in [3.8, 4) is 0 Å². The van der Waals surface area contributed by atoms with Gasteiger partial charge in [-0.1, -0.05) is 6.08 Å². The number of aromatic nitrogens is 2. The number of imidazole rings is 1. The standard InChI is InChI=1S/C17H25N7O/c1-12(2)25-11-14-8-22-15-5-3-4-13(9-23(14)15)10-24(19)17-16(18)20-6-7-21-17/h3,5-9,12,17,21H,4,10-11,19H2,1-2H3,(H2,18,20). The number of rotatable bonds is 6. The Morgan fingerprint density at radius 2 is 2.32 bits per heavy atom. The van der Waals surface area contributed by atoms with Crippen molar-refractivity contribution in [2.45, 2.75) is 39.1 Å². The number of aliphatic imine (C=N–C) groups is 1. The first-order valence-electron chi connectivity index (χ1n) is 8.34. The van der Waals surface area contributed by atoms with E-state index in [1.165, 1.54) is 0 Å². The smallest absolute Gasteiger partial charge is 0.151 e. The van der Waals surface area contributed by atoms with Crippen LogP contribution in [0.5, 0.6) is 0 Å². The molecule has 0 fully saturated rings. The fraction of sp³-hybridized carbons (Fsp3) is 0.412. The van der Waals surface area contributed by atoms with Crippen LogP contribution in [0.25, 0.3) is 12.3 Å². The molecule has 3 heterocycles. The monoisotopic (exact) mass is 343 g/mol. The van der Waals surface area contributed by atoms with E-state index in [0.717, 1.165) is 23.5 Å². The van der Waals surface area contributed by atoms with Crippen molar-refractivity contribution >= 4 is 18.1 Å². The molecule has 8 heteroatoms. The molecule has 1 aromatic rings. The van der Waals surface area contributed by atoms with Gasteiger partial charge in [-0.25, -0.2) is 15.0 Å². The topological polar surface area (TPSA) is 107 Å². The zero-order valence-corrected chi connectivity index (χ0v) is 14.6. The van der Waals surface area contributed by atoms with Gasteiger partial charge in [-0.05, 0) is 31.9 Å². The van der Waals surface area contributed by atoms with Crippen molar-refractivity contribution in [3.05, 3.63) is 41.8 Å². The van der Waals surface area contributed by atoms with Gasteiger partial charge < -0.3 is 20.4 Å². The average Bonchev–Trinajstić information content (AvgIpc) is 2.83. The highest BCUT2D eigenvalue weighted by Crippen LogP contribution is 2.19. The summed E-state index contributed by atoms with van der Waals surface area (Å²) in [4.78, 5) is 8.55. The summed E-state index contributed by atoms with van der Waals surface area (Å²) in [6.07, 6.45) is 12.0. The van der Waals surface area contributed by atoms with Crippen LogP contribution in [0.4, 0.5) is 0 Å². The van der Waals surface area contributed by atoms with E-state index in [9.17, 15) is 0 Å². The highest BCUT2D eigenvalue weighted by molar-refractivity contribution is 5.86. The Morgan fingerprint density at radius 3 is 3.08 bits per heavy atom. The van der Waals surface area contributed by atoms with E-state index in [-0.39, 0.29) is 12.3 Å². The van der Waals surface area contributed by atoms with Gasteiger partial charge in [-0.15, -0.1) is 0 Å². The molecular formula is C17H25N7O. The Kier molecular flexibility index (Phi) is 5.32. The van der Waals surface area contributed by atoms with Crippen LogP contribution in [0.2, 0.25) is 0 Å². The van der Waals surface area contributed by atoms with Gasteiger partial charge in [0.05, 0.1) is 24.6 Å². The van der Waals surface area contributed by atoms with Crippen LogP contribution < -0.4 is 16.9 Å². The number of allylic oxidation sites excluding steroid dienone is 1. The van der Waals surface area contributed by atoms with Gasteiger partial charge in [-0.3, -0.25) is 5.84 Å². The number of amidine groups is 1. The minimum absolute atomic E-state index is 0.170. The number of nitrogens with one attached hydrogen (secondary N) is 1. The van der Waals surface area contributed by atoms with E-state index >= 15 is 0 Å². The third-order valence-electron chi connectivity index (χ3n) is 3.97. The molecule has 1 unspecified atom stereocenters. The summed E-state index contributed by atoms with van der Waals surface area (Å²) in [5, 5.41) is 4.76. The average molecular weight is 343 g/mol. The van der Waals surface area contributed by atoms with Gasteiger partial charge in [0.1, 0.15) is 11.7 Å². The van der Waals surface area contributed by atoms with Crippen LogP contribution in [0.3, 0.4) is 0 Å². The van der Waals surface area contributed by atoms with Gasteiger partial charge in [0.2, 0.25) is 0 Å². The number of hydrogen-bond donors (Lipinski definition) is 3. The third-order valence-corrected chi connectivity index (χ3v) is 3.97. The van der Waals surface area contributed by atoms with E-state index in [4.69, 9.17) is 16.3 Å². The molecule has 134 valence electrons. The quantitative estimate of drug-likeness (QED) is 0.525. The molecule has 0 aliphatic carbocycles. The summed E-state index contributed by atoms with van der Waals surface area (Å²) < 4.78 is 7.78. The zero-order chi connectivity index (χ0) is 17.8. The Bertz CT molecular complexity index is 729. The number of hydrazine groups is 1. The lowest BCUT2D eigenvalue weighted by Crippen LogP contribution is -2.56. The number of nitrogens with two attached hydrogens (primary N) is 2. The molecule has 25 heavy (non-hydrogen) atoms. The number of ether oxygens (including phenoxy) is 1. The molecule has 0 saturated heterocycles. The van der Waals surface area contributed by atoms with Crippen molar-refractivity contribution in [2.75, 3.05) is 6.54 Å². The van der Waals surface area contributed by atoms with Crippen molar-refractivity contribution in [1.29, 1.82) is 0 Å². The molecule has 1 aromatic heterocycles. The lowest BCUT2D eigenvalue weighted by Gasteiger charge is -2.29. The van der Waals surface area contributed by atoms with Crippen LogP contribution in [-0.2, 0) is 11.3 Å². The van der Waals surface area contributed by atoms with E-state index in [1.54, 1.807) is 17.4 Å². The fourth-order valence-electron chi connectivity index (χ4n) is 2.70. The van der Waals surface area contributed by atoms with Gasteiger partial charge in [0, 0.05) is 25.1 Å². The molecule has 0 amide bonds. The SMILES string of the molecule is CC(C)OCc1cnc2n1C=C(CN(N)C1NC=CN=C1N)CC=C2. The molecule has 0 bridgehead atoms. The highest BCUT2D eigenvalue weighted by Gasteiger charge is 2.21. The third kappa shape index (κ3) is 4.16. The first kappa shape index (κ1) is 17.4. The molecule has 0 aromatic carbocycles. The fourth-order valence-corrected chi connectivity index (χ4v) is 2.70. The Balaban J connectivity index is 1.76. The van der Waals surface area contributed by atoms with Crippen molar-refractivity contribution < 1.29 is 4.74 Å². The number of hydrogen-bond acceptors (Lipinski definition) is 7. The molecule has 0 saturated carbocycles. The van der Waals surface area contributed by atoms with Crippen molar-refractivity contribution in [2.24, 2.45) is 16.6 Å². The second-order valence-corrected chi connectivity index (χ2v) is 6.34. The second kappa shape index (κ2) is 7.64. The maximum Gasteiger partial charge on any atom is 0.151 e. The van der Waals surface area contributed by atoms with Crippen molar-refractivity contribution in [3.63, 3.8) is 0 Å². The van der Waals surface area contributed by atoms with Crippen LogP contribution in [0.15, 0.2) is 35.2 Å². The molecule has 2 aliphatic rings. The van der Waals surface area contributed by atoms with E-state index in [2.05, 4.69) is 32.1 Å². The molecule has 0 radical (unpaired) electrons. The maximum absolute atomic E-state index is 6.21. The number of fused-ring (bicyclic) bond motifs is 1. The van der Waals surface area contributed by atoms with E-state index in [1.807, 2.05) is 26.1 Å². The van der Waals surface area contributed by atoms with E-state index in [0.29, 0.717) is 19.0 Å². The van der Waals surface area contributed by atoms with Crippen molar-refractivity contribution in [1.82, 2.24) is 19.9 Å². The van der Waals surface area contributed by atoms with Gasteiger partial charge in [0.15, 0.2) is 6.17 Å².